The molecule has 4 heteroatoms. The summed E-state index contributed by atoms with van der Waals surface area (Å²) in [6.07, 6.45) is 0. The third kappa shape index (κ3) is 1.82. The van der Waals surface area contributed by atoms with Crippen LogP contribution >= 0.6 is 0 Å². The summed E-state index contributed by atoms with van der Waals surface area (Å²) < 4.78 is 0. The van der Waals surface area contributed by atoms with Crippen molar-refractivity contribution in [2.75, 3.05) is 0 Å². The summed E-state index contributed by atoms with van der Waals surface area (Å²) in [7, 11) is 0. The van der Waals surface area contributed by atoms with Gasteiger partial charge in [-0.05, 0) is 13.8 Å². The molecular weight excluding hydrogens is 214 g/mol. The molecule has 0 aliphatic carbocycles. The molecule has 1 aromatic carbocycles. The molecule has 0 saturated carbocycles. The maximum atomic E-state index is 11.4. The number of rotatable bonds is 2. The molecule has 0 radical (unpaired) electrons. The van der Waals surface area contributed by atoms with E-state index in [-0.39, 0.29) is 6.04 Å². The lowest BCUT2D eigenvalue weighted by atomic mass is 9.98. The quantitative estimate of drug-likeness (QED) is 0.836. The standard InChI is InChI=1S/C13H15N3O/c1-8(2)16-9(3)10-6-4-5-7-11(10)12(15-16)13(14)17/h4-8H,3H2,1-2H3,(H2,14,17). The van der Waals surface area contributed by atoms with Crippen LogP contribution in [0.3, 0.4) is 0 Å². The minimum Gasteiger partial charge on any atom is -0.364 e. The molecule has 0 aromatic heterocycles. The highest BCUT2D eigenvalue weighted by Gasteiger charge is 2.26. The lowest BCUT2D eigenvalue weighted by Gasteiger charge is -2.31. The van der Waals surface area contributed by atoms with Crippen molar-refractivity contribution < 1.29 is 4.79 Å². The topological polar surface area (TPSA) is 58.7 Å². The average molecular weight is 229 g/mol. The number of hydrogen-bond donors (Lipinski definition) is 1. The third-order valence-corrected chi connectivity index (χ3v) is 2.70. The summed E-state index contributed by atoms with van der Waals surface area (Å²) in [5, 5.41) is 6.00. The Hall–Kier alpha value is -2.10. The van der Waals surface area contributed by atoms with Crippen molar-refractivity contribution >= 4 is 17.3 Å². The number of nitrogens with zero attached hydrogens (tertiary/aromatic N) is 2. The van der Waals surface area contributed by atoms with Crippen molar-refractivity contribution in [1.29, 1.82) is 0 Å². The fourth-order valence-electron chi connectivity index (χ4n) is 1.90. The minimum atomic E-state index is -0.518. The lowest BCUT2D eigenvalue weighted by molar-refractivity contribution is -0.112. The van der Waals surface area contributed by atoms with E-state index in [1.807, 2.05) is 38.1 Å². The van der Waals surface area contributed by atoms with Gasteiger partial charge in [-0.25, -0.2) is 0 Å². The normalized spacial score (nSPS) is 14.6. The van der Waals surface area contributed by atoms with Crippen molar-refractivity contribution in [3.8, 4) is 0 Å². The van der Waals surface area contributed by atoms with Crippen molar-refractivity contribution in [3.63, 3.8) is 0 Å². The van der Waals surface area contributed by atoms with Gasteiger partial charge in [-0.15, -0.1) is 0 Å². The van der Waals surface area contributed by atoms with Crippen molar-refractivity contribution in [2.45, 2.75) is 19.9 Å². The van der Waals surface area contributed by atoms with E-state index in [2.05, 4.69) is 11.7 Å². The minimum absolute atomic E-state index is 0.130. The third-order valence-electron chi connectivity index (χ3n) is 2.70. The molecule has 1 aromatic rings. The summed E-state index contributed by atoms with van der Waals surface area (Å²) >= 11 is 0. The highest BCUT2D eigenvalue weighted by Crippen LogP contribution is 2.28. The van der Waals surface area contributed by atoms with E-state index >= 15 is 0 Å². The van der Waals surface area contributed by atoms with Crippen LogP contribution in [-0.4, -0.2) is 22.7 Å². The molecule has 1 amide bonds. The Bertz CT molecular complexity index is 517. The Balaban J connectivity index is 2.62. The van der Waals surface area contributed by atoms with Crippen LogP contribution in [-0.2, 0) is 4.79 Å². The number of hydrazone groups is 1. The molecule has 1 aliphatic heterocycles. The number of fused-ring (bicyclic) bond motifs is 1. The first-order chi connectivity index (χ1) is 8.02. The van der Waals surface area contributed by atoms with Crippen LogP contribution < -0.4 is 5.73 Å². The van der Waals surface area contributed by atoms with Gasteiger partial charge in [0.1, 0.15) is 0 Å². The predicted molar refractivity (Wildman–Crippen MR) is 68.2 cm³/mol. The lowest BCUT2D eigenvalue weighted by Crippen LogP contribution is -2.35. The highest BCUT2D eigenvalue weighted by atomic mass is 16.1. The van der Waals surface area contributed by atoms with E-state index in [1.54, 1.807) is 5.01 Å². The maximum absolute atomic E-state index is 11.4. The van der Waals surface area contributed by atoms with Gasteiger partial charge in [-0.1, -0.05) is 30.8 Å². The van der Waals surface area contributed by atoms with Crippen molar-refractivity contribution in [2.24, 2.45) is 10.8 Å². The van der Waals surface area contributed by atoms with Gasteiger partial charge < -0.3 is 5.73 Å². The number of nitrogens with two attached hydrogens (primary N) is 1. The van der Waals surface area contributed by atoms with Crippen molar-refractivity contribution in [3.05, 3.63) is 42.0 Å². The van der Waals surface area contributed by atoms with Crippen molar-refractivity contribution in [1.82, 2.24) is 5.01 Å². The number of carbonyl (C=O) groups excluding carboxylic acids is 1. The van der Waals surface area contributed by atoms with Crippen LogP contribution in [0.1, 0.15) is 25.0 Å². The second-order valence-corrected chi connectivity index (χ2v) is 4.24. The maximum Gasteiger partial charge on any atom is 0.269 e. The first-order valence-electron chi connectivity index (χ1n) is 5.48. The Morgan fingerprint density at radius 2 is 1.94 bits per heavy atom. The van der Waals surface area contributed by atoms with E-state index < -0.39 is 5.91 Å². The van der Waals surface area contributed by atoms with Crippen LogP contribution in [0.2, 0.25) is 0 Å². The van der Waals surface area contributed by atoms with Gasteiger partial charge in [0.05, 0.1) is 5.70 Å². The molecule has 0 unspecified atom stereocenters. The molecule has 1 heterocycles. The van der Waals surface area contributed by atoms with Crippen LogP contribution in [0.25, 0.3) is 5.70 Å². The SMILES string of the molecule is C=C1c2ccccc2C(C(N)=O)=NN1C(C)C. The molecular formula is C13H15N3O. The summed E-state index contributed by atoms with van der Waals surface area (Å²) in [4.78, 5) is 11.4. The monoisotopic (exact) mass is 229 g/mol. The van der Waals surface area contributed by atoms with E-state index in [9.17, 15) is 4.79 Å². The smallest absolute Gasteiger partial charge is 0.269 e. The van der Waals surface area contributed by atoms with Gasteiger partial charge in [0.15, 0.2) is 5.71 Å². The van der Waals surface area contributed by atoms with Crippen LogP contribution in [0, 0.1) is 0 Å². The van der Waals surface area contributed by atoms with E-state index in [4.69, 9.17) is 5.73 Å². The molecule has 88 valence electrons. The second-order valence-electron chi connectivity index (χ2n) is 4.24. The van der Waals surface area contributed by atoms with E-state index in [1.165, 1.54) is 0 Å². The second kappa shape index (κ2) is 4.05. The largest absolute Gasteiger partial charge is 0.364 e. The number of carbonyl (C=O) groups is 1. The van der Waals surface area contributed by atoms with Gasteiger partial charge in [-0.3, -0.25) is 9.80 Å². The fraction of sp³-hybridized carbons (Fsp3) is 0.231. The predicted octanol–water partition coefficient (Wildman–Crippen LogP) is 1.57. The van der Waals surface area contributed by atoms with E-state index in [0.717, 1.165) is 16.8 Å². The Kier molecular flexibility index (Phi) is 2.71. The molecule has 0 bridgehead atoms. The summed E-state index contributed by atoms with van der Waals surface area (Å²) in [6, 6.07) is 7.65. The van der Waals surface area contributed by atoms with E-state index in [0.29, 0.717) is 5.71 Å². The molecule has 4 nitrogen and oxygen atoms in total. The first kappa shape index (κ1) is 11.4. The summed E-state index contributed by atoms with van der Waals surface area (Å²) in [6.45, 7) is 7.99. The summed E-state index contributed by atoms with van der Waals surface area (Å²) in [5.74, 6) is -0.518. The molecule has 2 rings (SSSR count). The highest BCUT2D eigenvalue weighted by molar-refractivity contribution is 6.45. The zero-order valence-electron chi connectivity index (χ0n) is 9.97. The number of benzene rings is 1. The summed E-state index contributed by atoms with van der Waals surface area (Å²) in [5.41, 5.74) is 8.11. The van der Waals surface area contributed by atoms with Crippen LogP contribution in [0.5, 0.6) is 0 Å². The van der Waals surface area contributed by atoms with Gasteiger partial charge in [-0.2, -0.15) is 5.10 Å². The molecule has 0 spiro atoms. The average Bonchev–Trinajstić information content (AvgIpc) is 2.29. The zero-order valence-corrected chi connectivity index (χ0v) is 9.97. The van der Waals surface area contributed by atoms with Gasteiger partial charge in [0, 0.05) is 17.2 Å². The molecule has 1 aliphatic rings. The fourth-order valence-corrected chi connectivity index (χ4v) is 1.90. The van der Waals surface area contributed by atoms with Crippen LogP contribution in [0.4, 0.5) is 0 Å². The molecule has 0 atom stereocenters. The molecule has 17 heavy (non-hydrogen) atoms. The Labute approximate surface area is 100 Å². The van der Waals surface area contributed by atoms with Gasteiger partial charge in [0.2, 0.25) is 0 Å². The zero-order chi connectivity index (χ0) is 12.6. The van der Waals surface area contributed by atoms with Gasteiger partial charge in [0.25, 0.3) is 5.91 Å². The Morgan fingerprint density at radius 1 is 1.35 bits per heavy atom. The van der Waals surface area contributed by atoms with Crippen LogP contribution in [0.15, 0.2) is 35.9 Å². The number of amides is 1. The molecule has 0 fully saturated rings. The van der Waals surface area contributed by atoms with Gasteiger partial charge >= 0.3 is 0 Å². The number of primary amides is 1. The molecule has 2 N–H and O–H groups in total. The first-order valence-corrected chi connectivity index (χ1v) is 5.48. The molecule has 0 saturated heterocycles. The number of hydrogen-bond acceptors (Lipinski definition) is 3. The Morgan fingerprint density at radius 3 is 2.47 bits per heavy atom.